The number of rotatable bonds is 5. The van der Waals surface area contributed by atoms with Gasteiger partial charge in [0.1, 0.15) is 16.3 Å². The summed E-state index contributed by atoms with van der Waals surface area (Å²) in [5.41, 5.74) is 0.463. The molecule has 0 aliphatic heterocycles. The first-order chi connectivity index (χ1) is 13.1. The molecular weight excluding hydrogens is 362 g/mol. The largest absolute Gasteiger partial charge is 0.484 e. The molecule has 6 nitrogen and oxygen atoms in total. The molecule has 4 aromatic rings. The summed E-state index contributed by atoms with van der Waals surface area (Å²) in [5, 5.41) is 4.00. The number of hydrogen-bond donors (Lipinski definition) is 1. The number of benzene rings is 2. The Morgan fingerprint density at radius 1 is 1.19 bits per heavy atom. The summed E-state index contributed by atoms with van der Waals surface area (Å²) >= 11 is 1.35. The molecule has 7 heteroatoms. The van der Waals surface area contributed by atoms with Crippen LogP contribution in [-0.4, -0.2) is 34.4 Å². The van der Waals surface area contributed by atoms with Crippen molar-refractivity contribution >= 4 is 38.2 Å². The van der Waals surface area contributed by atoms with E-state index in [4.69, 9.17) is 4.74 Å². The smallest absolute Gasteiger partial charge is 0.268 e. The van der Waals surface area contributed by atoms with Crippen LogP contribution in [0.5, 0.6) is 5.75 Å². The summed E-state index contributed by atoms with van der Waals surface area (Å²) in [4.78, 5) is 33.0. The van der Waals surface area contributed by atoms with Crippen LogP contribution in [-0.2, 0) is 11.3 Å². The first-order valence-electron chi connectivity index (χ1n) is 8.42. The van der Waals surface area contributed by atoms with Gasteiger partial charge in [0.25, 0.3) is 11.5 Å². The van der Waals surface area contributed by atoms with Crippen LogP contribution < -0.4 is 10.3 Å². The number of likely N-dealkylation sites (N-methyl/N-ethyl adjacent to an activating group) is 1. The van der Waals surface area contributed by atoms with Gasteiger partial charge in [-0.25, -0.2) is 4.98 Å². The van der Waals surface area contributed by atoms with Crippen molar-refractivity contribution in [3.05, 3.63) is 70.1 Å². The summed E-state index contributed by atoms with van der Waals surface area (Å²) in [5.74, 6) is 0.894. The lowest BCUT2D eigenvalue weighted by Crippen LogP contribution is -2.32. The Morgan fingerprint density at radius 3 is 2.85 bits per heavy atom. The van der Waals surface area contributed by atoms with Gasteiger partial charge in [0.2, 0.25) is 0 Å². The van der Waals surface area contributed by atoms with E-state index in [9.17, 15) is 9.59 Å². The molecule has 0 radical (unpaired) electrons. The number of carbonyl (C=O) groups excluding carboxylic acids is 1. The Morgan fingerprint density at radius 2 is 2.00 bits per heavy atom. The summed E-state index contributed by atoms with van der Waals surface area (Å²) in [6, 6.07) is 15.5. The van der Waals surface area contributed by atoms with Crippen molar-refractivity contribution in [2.24, 2.45) is 0 Å². The maximum atomic E-state index is 12.4. The van der Waals surface area contributed by atoms with Crippen LogP contribution in [0.1, 0.15) is 5.82 Å². The van der Waals surface area contributed by atoms with Gasteiger partial charge in [-0.15, -0.1) is 11.3 Å². The minimum Gasteiger partial charge on any atom is -0.484 e. The van der Waals surface area contributed by atoms with Gasteiger partial charge in [-0.05, 0) is 34.4 Å². The van der Waals surface area contributed by atoms with Crippen molar-refractivity contribution in [1.82, 2.24) is 14.9 Å². The predicted molar refractivity (Wildman–Crippen MR) is 106 cm³/mol. The van der Waals surface area contributed by atoms with Crippen LogP contribution in [0.4, 0.5) is 0 Å². The number of ether oxygens (including phenoxy) is 1. The van der Waals surface area contributed by atoms with E-state index in [-0.39, 0.29) is 24.6 Å². The van der Waals surface area contributed by atoms with Gasteiger partial charge in [0.05, 0.1) is 12.1 Å². The second-order valence-electron chi connectivity index (χ2n) is 6.20. The van der Waals surface area contributed by atoms with Crippen LogP contribution in [0.25, 0.3) is 21.0 Å². The lowest BCUT2D eigenvalue weighted by molar-refractivity contribution is -0.132. The van der Waals surface area contributed by atoms with Crippen LogP contribution in [0.3, 0.4) is 0 Å². The Balaban J connectivity index is 1.41. The topological polar surface area (TPSA) is 75.3 Å². The highest BCUT2D eigenvalue weighted by molar-refractivity contribution is 7.17. The third-order valence-electron chi connectivity index (χ3n) is 4.26. The maximum absolute atomic E-state index is 12.4. The van der Waals surface area contributed by atoms with Crippen molar-refractivity contribution in [3.63, 3.8) is 0 Å². The SMILES string of the molecule is CN(Cc1nc2ccsc2c(=O)[nH]1)C(=O)COc1ccc2ccccc2c1. The van der Waals surface area contributed by atoms with Crippen LogP contribution >= 0.6 is 11.3 Å². The second-order valence-corrected chi connectivity index (χ2v) is 7.11. The first-order valence-corrected chi connectivity index (χ1v) is 9.30. The standard InChI is InChI=1S/C20H17N3O3S/c1-23(11-17-21-16-8-9-27-19(16)20(25)22-17)18(24)12-26-15-7-6-13-4-2-3-5-14(13)10-15/h2-10H,11-12H2,1H3,(H,21,22,25). The molecule has 0 bridgehead atoms. The number of nitrogens with zero attached hydrogens (tertiary/aromatic N) is 2. The number of thiophene rings is 1. The molecular formula is C20H17N3O3S. The number of carbonyl (C=O) groups is 1. The summed E-state index contributed by atoms with van der Waals surface area (Å²) < 4.78 is 6.22. The molecule has 1 amide bonds. The zero-order chi connectivity index (χ0) is 18.8. The quantitative estimate of drug-likeness (QED) is 0.578. The number of aromatic nitrogens is 2. The number of fused-ring (bicyclic) bond motifs is 2. The lowest BCUT2D eigenvalue weighted by Gasteiger charge is -2.17. The second kappa shape index (κ2) is 7.20. The van der Waals surface area contributed by atoms with Gasteiger partial charge in [0, 0.05) is 7.05 Å². The summed E-state index contributed by atoms with van der Waals surface area (Å²) in [7, 11) is 1.66. The van der Waals surface area contributed by atoms with E-state index in [1.54, 1.807) is 13.1 Å². The zero-order valence-electron chi connectivity index (χ0n) is 14.6. The molecule has 1 N–H and O–H groups in total. The van der Waals surface area contributed by atoms with E-state index in [2.05, 4.69) is 9.97 Å². The molecule has 0 atom stereocenters. The fraction of sp³-hybridized carbons (Fsp3) is 0.150. The average molecular weight is 379 g/mol. The number of amides is 1. The third-order valence-corrected chi connectivity index (χ3v) is 5.16. The van der Waals surface area contributed by atoms with Gasteiger partial charge in [-0.1, -0.05) is 30.3 Å². The number of aromatic amines is 1. The van der Waals surface area contributed by atoms with Crippen molar-refractivity contribution < 1.29 is 9.53 Å². The predicted octanol–water partition coefficient (Wildman–Crippen LogP) is 3.18. The monoisotopic (exact) mass is 379 g/mol. The zero-order valence-corrected chi connectivity index (χ0v) is 15.5. The molecule has 0 aliphatic rings. The van der Waals surface area contributed by atoms with E-state index < -0.39 is 0 Å². The molecule has 4 rings (SSSR count). The van der Waals surface area contributed by atoms with Crippen LogP contribution in [0.2, 0.25) is 0 Å². The molecule has 2 aromatic heterocycles. The minimum absolute atomic E-state index is 0.0836. The van der Waals surface area contributed by atoms with E-state index in [0.29, 0.717) is 21.8 Å². The highest BCUT2D eigenvalue weighted by Gasteiger charge is 2.13. The number of nitrogens with one attached hydrogen (secondary N) is 1. The Labute approximate surface area is 159 Å². The van der Waals surface area contributed by atoms with E-state index in [1.807, 2.05) is 47.8 Å². The van der Waals surface area contributed by atoms with Crippen molar-refractivity contribution in [2.45, 2.75) is 6.54 Å². The van der Waals surface area contributed by atoms with Gasteiger partial charge >= 0.3 is 0 Å². The number of H-pyrrole nitrogens is 1. The van der Waals surface area contributed by atoms with E-state index in [0.717, 1.165) is 10.8 Å². The Kier molecular flexibility index (Phi) is 4.60. The van der Waals surface area contributed by atoms with Crippen molar-refractivity contribution in [1.29, 1.82) is 0 Å². The average Bonchev–Trinajstić information content (AvgIpc) is 3.15. The summed E-state index contributed by atoms with van der Waals surface area (Å²) in [6.07, 6.45) is 0. The van der Waals surface area contributed by atoms with Gasteiger partial charge in [0.15, 0.2) is 6.61 Å². The van der Waals surface area contributed by atoms with E-state index >= 15 is 0 Å². The van der Waals surface area contributed by atoms with Crippen LogP contribution in [0, 0.1) is 0 Å². The molecule has 0 fully saturated rings. The van der Waals surface area contributed by atoms with Crippen molar-refractivity contribution in [2.75, 3.05) is 13.7 Å². The third kappa shape index (κ3) is 3.68. The van der Waals surface area contributed by atoms with Gasteiger partial charge < -0.3 is 14.6 Å². The number of hydrogen-bond acceptors (Lipinski definition) is 5. The van der Waals surface area contributed by atoms with Crippen LogP contribution in [0.15, 0.2) is 58.7 Å². The minimum atomic E-state index is -0.198. The Bertz CT molecular complexity index is 1180. The normalized spacial score (nSPS) is 11.0. The Hall–Kier alpha value is -3.19. The lowest BCUT2D eigenvalue weighted by atomic mass is 10.1. The maximum Gasteiger partial charge on any atom is 0.268 e. The molecule has 0 saturated heterocycles. The molecule has 0 aliphatic carbocycles. The molecule has 2 heterocycles. The molecule has 27 heavy (non-hydrogen) atoms. The fourth-order valence-corrected chi connectivity index (χ4v) is 3.55. The summed E-state index contributed by atoms with van der Waals surface area (Å²) in [6.45, 7) is 0.126. The van der Waals surface area contributed by atoms with E-state index in [1.165, 1.54) is 16.2 Å². The first kappa shape index (κ1) is 17.2. The van der Waals surface area contributed by atoms with Gasteiger partial charge in [-0.2, -0.15) is 0 Å². The molecule has 0 spiro atoms. The van der Waals surface area contributed by atoms with Gasteiger partial charge in [-0.3, -0.25) is 9.59 Å². The highest BCUT2D eigenvalue weighted by atomic mass is 32.1. The molecule has 0 unspecified atom stereocenters. The fourth-order valence-electron chi connectivity index (χ4n) is 2.82. The molecule has 2 aromatic carbocycles. The highest BCUT2D eigenvalue weighted by Crippen LogP contribution is 2.20. The molecule has 136 valence electrons. The molecule has 0 saturated carbocycles. The van der Waals surface area contributed by atoms with Crippen molar-refractivity contribution in [3.8, 4) is 5.75 Å².